The average Bonchev–Trinajstić information content (AvgIpc) is 1.54. The third-order valence-electron chi connectivity index (χ3n) is 23.0. The van der Waals surface area contributed by atoms with Gasteiger partial charge >= 0.3 is 160 Å². The van der Waals surface area contributed by atoms with Crippen molar-refractivity contribution >= 4 is 303 Å². The molecule has 18 rings (SSSR count). The van der Waals surface area contributed by atoms with E-state index >= 15 is 0 Å². The van der Waals surface area contributed by atoms with Crippen LogP contribution < -0.4 is 18.0 Å². The number of hydrogen-bond acceptors (Lipinski definition) is 25. The standard InChI is InChI=1S/C54H61N9S8.C17H22NS2.C15H13BrN4S3.C4H10.3CH3.Sn/c1-7-13-18-32(12-6)31-63-35-23-37(33-29-55-49(51-47(33)57-70-59-51)43-25-39-41(64-43)27-45(66-39)61(19-14-8-2)20-15-9-3)68-53(35)54-36(63)24-38(69-54)34-30-56-50(52-48(34)58-71-60-52)44-26-40-42(65-44)28-46(67-40)62(21-16-10-4)22-17-11-5;1-4-6-7-13(5-2)11-18-14-8-9-19-16(14)17-15(18)10-12(3)20-17;1-2-3-4-17-12-6-10-9(22-12)5-11(21-10)14-15-13(19-23-20-15)8(16)7-18-14;1-3-4-2;;;;/h23-30,32H,7-22,31H2,1-6H3;8,10,13H,4-7,11H2,1-3H3;5-7,17H,2-4H2,1H3;3-4H2,1-2H3;3*1H3;. The van der Waals surface area contributed by atoms with Crippen molar-refractivity contribution in [3.63, 3.8) is 0 Å². The minimum atomic E-state index is -2.00. The van der Waals surface area contributed by atoms with Crippen LogP contribution in [0.5, 0.6) is 0 Å². The largest absolute Gasteiger partial charge is 0.377 e. The summed E-state index contributed by atoms with van der Waals surface area (Å²) in [6.45, 7) is 35.0. The number of nitrogens with one attached hydrogen (secondary N) is 1. The zero-order chi connectivity index (χ0) is 85.3. The Kier molecular flexibility index (Phi) is 31.9. The van der Waals surface area contributed by atoms with Crippen LogP contribution in [0.3, 0.4) is 0 Å². The fourth-order valence-corrected chi connectivity index (χ4v) is 35.0. The summed E-state index contributed by atoms with van der Waals surface area (Å²) in [6, 6.07) is 23.7. The zero-order valence-corrected chi connectivity index (χ0v) is 88.3. The van der Waals surface area contributed by atoms with E-state index < -0.39 is 18.4 Å². The molecule has 0 bridgehead atoms. The number of hydrogen-bond donors (Lipinski definition) is 1. The molecule has 2 unspecified atom stereocenters. The minimum absolute atomic E-state index is 0.589. The molecule has 0 saturated carbocycles. The van der Waals surface area contributed by atoms with Crippen LogP contribution in [-0.2, 0) is 13.1 Å². The molecule has 18 heterocycles. The molecule has 0 aliphatic heterocycles. The summed E-state index contributed by atoms with van der Waals surface area (Å²) in [5, 5.41) is 7.52. The van der Waals surface area contributed by atoms with E-state index in [-0.39, 0.29) is 0 Å². The molecule has 0 radical (unpaired) electrons. The molecule has 0 aromatic carbocycles. The van der Waals surface area contributed by atoms with Crippen LogP contribution in [0.15, 0.2) is 83.7 Å². The van der Waals surface area contributed by atoms with Crippen LogP contribution in [-0.4, -0.2) is 101 Å². The van der Waals surface area contributed by atoms with Gasteiger partial charge in [0.1, 0.15) is 50.2 Å². The molecule has 122 heavy (non-hydrogen) atoms. The molecule has 14 nitrogen and oxygen atoms in total. The fraction of sp³-hybridized carbons (Fsp3) is 0.473. The first kappa shape index (κ1) is 91.7. The summed E-state index contributed by atoms with van der Waals surface area (Å²) in [5.41, 5.74) is 15.9. The van der Waals surface area contributed by atoms with E-state index in [9.17, 15) is 0 Å². The summed E-state index contributed by atoms with van der Waals surface area (Å²) < 4.78 is 50.0. The predicted octanol–water partition coefficient (Wildman–Crippen LogP) is 33.8. The normalized spacial score (nSPS) is 12.6. The zero-order valence-electron chi connectivity index (χ0n) is 73.3. The number of aromatic nitrogens is 11. The second-order valence-electron chi connectivity index (χ2n) is 33.2. The first-order valence-electron chi connectivity index (χ1n) is 44.4. The second kappa shape index (κ2) is 42.5. The maximum atomic E-state index is 5.20. The Morgan fingerprint density at radius 3 is 1.19 bits per heavy atom. The molecule has 29 heteroatoms. The Labute approximate surface area is 784 Å². The number of halogens is 1. The van der Waals surface area contributed by atoms with E-state index in [0.29, 0.717) is 5.92 Å². The Morgan fingerprint density at radius 2 is 0.762 bits per heavy atom. The summed E-state index contributed by atoms with van der Waals surface area (Å²) in [4.78, 5) is 35.1. The smallest absolute Gasteiger partial charge is 0.133 e. The molecule has 646 valence electrons. The van der Waals surface area contributed by atoms with Gasteiger partial charge in [-0.3, -0.25) is 15.0 Å². The van der Waals surface area contributed by atoms with Crippen LogP contribution in [0, 0.1) is 18.8 Å². The molecule has 2 atom stereocenters. The van der Waals surface area contributed by atoms with Gasteiger partial charge in [-0.15, -0.1) is 90.7 Å². The molecule has 18 aromatic heterocycles. The Bertz CT molecular complexity index is 6130. The van der Waals surface area contributed by atoms with Gasteiger partial charge in [0, 0.05) is 107 Å². The Balaban J connectivity index is 0.000000182. The summed E-state index contributed by atoms with van der Waals surface area (Å²) in [5.74, 6) is 1.40. The quantitative estimate of drug-likeness (QED) is 0.0292. The van der Waals surface area contributed by atoms with Crippen molar-refractivity contribution < 1.29 is 0 Å². The first-order valence-corrected chi connectivity index (χ1v) is 65.5. The first-order chi connectivity index (χ1) is 59.4. The average molecular weight is 2040 g/mol. The molecule has 0 fully saturated rings. The van der Waals surface area contributed by atoms with E-state index in [1.54, 1.807) is 35.0 Å². The Hall–Kier alpha value is -5.03. The van der Waals surface area contributed by atoms with Crippen molar-refractivity contribution in [2.75, 3.05) is 47.8 Å². The van der Waals surface area contributed by atoms with Crippen LogP contribution in [0.4, 0.5) is 15.0 Å². The number of nitrogens with zero attached hydrogens (tertiary/aromatic N) is 13. The molecule has 0 amide bonds. The number of unbranched alkanes of at least 4 members (excludes halogenated alkanes) is 8. The van der Waals surface area contributed by atoms with Gasteiger partial charge in [-0.2, -0.15) is 26.2 Å². The van der Waals surface area contributed by atoms with E-state index in [2.05, 4.69) is 236 Å². The van der Waals surface area contributed by atoms with Gasteiger partial charge in [-0.25, -0.2) is 0 Å². The summed E-state index contributed by atoms with van der Waals surface area (Å²) in [7, 11) is 0. The minimum Gasteiger partial charge on any atom is -0.377 e. The van der Waals surface area contributed by atoms with Crippen molar-refractivity contribution in [3.8, 4) is 52.6 Å². The van der Waals surface area contributed by atoms with Crippen LogP contribution in [0.2, 0.25) is 14.8 Å². The topological polar surface area (TPSA) is 144 Å². The molecule has 0 aliphatic carbocycles. The number of pyridine rings is 3. The molecule has 18 aromatic rings. The number of fused-ring (bicyclic) bond motifs is 12. The molecular weight excluding hydrogens is 1930 g/mol. The number of thiophene rings is 10. The van der Waals surface area contributed by atoms with Crippen molar-refractivity contribution in [1.29, 1.82) is 0 Å². The molecule has 0 saturated heterocycles. The third-order valence-corrected chi connectivity index (χ3v) is 46.4. The van der Waals surface area contributed by atoms with Crippen molar-refractivity contribution in [2.45, 2.75) is 239 Å². The van der Waals surface area contributed by atoms with E-state index in [1.807, 2.05) is 85.6 Å². The van der Waals surface area contributed by atoms with Crippen LogP contribution in [0.1, 0.15) is 209 Å². The van der Waals surface area contributed by atoms with Gasteiger partial charge in [0.05, 0.1) is 89.7 Å². The van der Waals surface area contributed by atoms with Crippen LogP contribution in [0.25, 0.3) is 155 Å². The van der Waals surface area contributed by atoms with E-state index in [0.717, 1.165) is 132 Å². The van der Waals surface area contributed by atoms with Gasteiger partial charge in [0.15, 0.2) is 0 Å². The second-order valence-corrected chi connectivity index (χ2v) is 61.9. The monoisotopic (exact) mass is 2040 g/mol. The number of aryl methyl sites for hydroxylation is 1. The van der Waals surface area contributed by atoms with Crippen LogP contribution >= 0.6 is 164 Å². The van der Waals surface area contributed by atoms with Gasteiger partial charge < -0.3 is 19.7 Å². The van der Waals surface area contributed by atoms with Gasteiger partial charge in [0.2, 0.25) is 0 Å². The summed E-state index contributed by atoms with van der Waals surface area (Å²) in [6.07, 6.45) is 30.9. The predicted molar refractivity (Wildman–Crippen MR) is 560 cm³/mol. The SMILES string of the molecule is CCCC.CCCCC(CC)Cn1c2cc(-c3cnc(-c4cc5sc(N(CCCC)CCCC)cc5s4)c4nsnc34)sc2c2sc(-c3cnc(-c4cc5sc(N(CCCC)CCCC)cc5s4)c4nsnc34)cc21.CCCCC(CC)Cn1c2cc(C)sc2c2s[c]([Sn]([CH3])([CH3])[CH3])cc21.CCCCNc1cc2sc(-c3ncc(Br)c4nsnc34)cc2s1. The maximum absolute atomic E-state index is 5.20. The Morgan fingerprint density at radius 1 is 0.377 bits per heavy atom. The number of rotatable bonds is 37. The summed E-state index contributed by atoms with van der Waals surface area (Å²) >= 11 is 24.2. The molecule has 0 aliphatic rings. The van der Waals surface area contributed by atoms with Crippen molar-refractivity contribution in [2.24, 2.45) is 11.8 Å². The van der Waals surface area contributed by atoms with E-state index in [4.69, 9.17) is 27.5 Å². The van der Waals surface area contributed by atoms with E-state index in [1.165, 1.54) is 253 Å². The maximum Gasteiger partial charge on any atom is 0.133 e. The van der Waals surface area contributed by atoms with Gasteiger partial charge in [0.25, 0.3) is 0 Å². The fourth-order valence-electron chi connectivity index (χ4n) is 15.6. The van der Waals surface area contributed by atoms with Gasteiger partial charge in [-0.1, -0.05) is 127 Å². The van der Waals surface area contributed by atoms with Crippen molar-refractivity contribution in [3.05, 3.63) is 88.6 Å². The molecule has 0 spiro atoms. The number of anilines is 3. The molecule has 1 N–H and O–H groups in total. The molecular formula is C93H115BrN14S13Sn. The van der Waals surface area contributed by atoms with Crippen molar-refractivity contribution in [1.82, 2.24) is 50.3 Å². The van der Waals surface area contributed by atoms with Gasteiger partial charge in [-0.05, 0) is 109 Å². The third kappa shape index (κ3) is 20.2.